The van der Waals surface area contributed by atoms with Crippen molar-refractivity contribution in [2.45, 2.75) is 12.5 Å². The van der Waals surface area contributed by atoms with Crippen LogP contribution in [0.3, 0.4) is 0 Å². The lowest BCUT2D eigenvalue weighted by molar-refractivity contribution is -0.142. The molecule has 2 unspecified atom stereocenters. The van der Waals surface area contributed by atoms with Crippen LogP contribution in [0.1, 0.15) is 6.42 Å². The largest absolute Gasteiger partial charge is 0.469 e. The molecule has 0 aromatic heterocycles. The lowest BCUT2D eigenvalue weighted by atomic mass is 10.4. The van der Waals surface area contributed by atoms with Crippen LogP contribution >= 0.6 is 0 Å². The summed E-state index contributed by atoms with van der Waals surface area (Å²) in [6.45, 7) is 2.00. The molecule has 1 saturated carbocycles. The first kappa shape index (κ1) is 7.80. The zero-order valence-electron chi connectivity index (χ0n) is 7.19. The Bertz CT molecular complexity index is 217. The molecule has 1 aliphatic heterocycles. The van der Waals surface area contributed by atoms with Gasteiger partial charge in [-0.05, 0) is 6.42 Å². The third kappa shape index (κ3) is 1.25. The number of nitrogens with zero attached hydrogens (tertiary/aromatic N) is 1. The predicted octanol–water partition coefficient (Wildman–Crippen LogP) is 0.420. The first-order valence-corrected chi connectivity index (χ1v) is 4.30. The van der Waals surface area contributed by atoms with Gasteiger partial charge in [-0.3, -0.25) is 9.69 Å². The van der Waals surface area contributed by atoms with Gasteiger partial charge in [-0.15, -0.1) is 0 Å². The van der Waals surface area contributed by atoms with Gasteiger partial charge in [-0.2, -0.15) is 0 Å². The highest BCUT2D eigenvalue weighted by Gasteiger charge is 2.47. The molecule has 0 aromatic rings. The predicted molar refractivity (Wildman–Crippen MR) is 44.6 cm³/mol. The molecular weight excluding hydrogens is 154 g/mol. The van der Waals surface area contributed by atoms with Crippen molar-refractivity contribution in [3.8, 4) is 0 Å². The van der Waals surface area contributed by atoms with Gasteiger partial charge in [0.25, 0.3) is 0 Å². The van der Waals surface area contributed by atoms with Crippen molar-refractivity contribution in [1.82, 2.24) is 4.90 Å². The number of hydrogen-bond acceptors (Lipinski definition) is 3. The second-order valence-electron chi connectivity index (χ2n) is 3.36. The van der Waals surface area contributed by atoms with E-state index >= 15 is 0 Å². The lowest BCUT2D eigenvalue weighted by Gasteiger charge is -2.13. The molecule has 0 bridgehead atoms. The Morgan fingerprint density at radius 1 is 1.50 bits per heavy atom. The first-order valence-electron chi connectivity index (χ1n) is 4.30. The van der Waals surface area contributed by atoms with Crippen molar-refractivity contribution in [3.05, 3.63) is 12.2 Å². The maximum atomic E-state index is 11.1. The highest BCUT2D eigenvalue weighted by atomic mass is 16.5. The van der Waals surface area contributed by atoms with E-state index in [4.69, 9.17) is 0 Å². The Kier molecular flexibility index (Phi) is 1.89. The Morgan fingerprint density at radius 3 is 2.75 bits per heavy atom. The van der Waals surface area contributed by atoms with E-state index in [-0.39, 0.29) is 11.9 Å². The fourth-order valence-corrected chi connectivity index (χ4v) is 1.76. The smallest absolute Gasteiger partial charge is 0.310 e. The molecule has 66 valence electrons. The fraction of sp³-hybridized carbons (Fsp3) is 0.667. The molecule has 0 amide bonds. The highest BCUT2D eigenvalue weighted by Crippen LogP contribution is 2.37. The summed E-state index contributed by atoms with van der Waals surface area (Å²) in [5, 5.41) is 0. The molecule has 3 nitrogen and oxygen atoms in total. The number of carbonyl (C=O) groups excluding carboxylic acids is 1. The number of ether oxygens (including phenoxy) is 1. The van der Waals surface area contributed by atoms with Gasteiger partial charge in [-0.25, -0.2) is 0 Å². The van der Waals surface area contributed by atoms with Crippen molar-refractivity contribution < 1.29 is 9.53 Å². The number of rotatable bonds is 2. The molecule has 2 atom stereocenters. The summed E-state index contributed by atoms with van der Waals surface area (Å²) in [7, 11) is 1.46. The summed E-state index contributed by atoms with van der Waals surface area (Å²) < 4.78 is 4.68. The average Bonchev–Trinajstić information content (AvgIpc) is 2.71. The summed E-state index contributed by atoms with van der Waals surface area (Å²) in [4.78, 5) is 13.4. The van der Waals surface area contributed by atoms with E-state index in [1.165, 1.54) is 7.11 Å². The second kappa shape index (κ2) is 2.90. The number of methoxy groups -OCH3 is 1. The molecule has 0 aromatic carbocycles. The monoisotopic (exact) mass is 167 g/mol. The van der Waals surface area contributed by atoms with E-state index in [2.05, 4.69) is 21.8 Å². The Labute approximate surface area is 72.0 Å². The Balaban J connectivity index is 1.83. The van der Waals surface area contributed by atoms with Crippen LogP contribution in [-0.4, -0.2) is 37.1 Å². The molecule has 3 heteroatoms. The van der Waals surface area contributed by atoms with Crippen molar-refractivity contribution in [1.29, 1.82) is 0 Å². The zero-order valence-corrected chi connectivity index (χ0v) is 7.19. The van der Waals surface area contributed by atoms with Gasteiger partial charge < -0.3 is 4.74 Å². The first-order chi connectivity index (χ1) is 5.83. The Hall–Kier alpha value is -0.830. The van der Waals surface area contributed by atoms with Crippen LogP contribution in [0.4, 0.5) is 0 Å². The van der Waals surface area contributed by atoms with Gasteiger partial charge in [0, 0.05) is 19.1 Å². The van der Waals surface area contributed by atoms with E-state index in [1.807, 2.05) is 0 Å². The van der Waals surface area contributed by atoms with Crippen LogP contribution in [0.25, 0.3) is 0 Å². The van der Waals surface area contributed by atoms with Crippen molar-refractivity contribution in [2.24, 2.45) is 5.92 Å². The van der Waals surface area contributed by atoms with Gasteiger partial charge >= 0.3 is 5.97 Å². The molecule has 0 saturated heterocycles. The van der Waals surface area contributed by atoms with Crippen LogP contribution in [-0.2, 0) is 9.53 Å². The van der Waals surface area contributed by atoms with E-state index in [9.17, 15) is 4.79 Å². The van der Waals surface area contributed by atoms with Gasteiger partial charge in [0.05, 0.1) is 13.0 Å². The summed E-state index contributed by atoms with van der Waals surface area (Å²) in [5.74, 6) is 0.0989. The van der Waals surface area contributed by atoms with E-state index in [1.54, 1.807) is 0 Å². The quantitative estimate of drug-likeness (QED) is 0.441. The zero-order chi connectivity index (χ0) is 8.55. The van der Waals surface area contributed by atoms with E-state index < -0.39 is 0 Å². The standard InChI is InChI=1S/C9H13NO2/c1-12-9(11)7-6-8(7)10-4-2-3-5-10/h2-3,7-8H,4-6H2,1H3. The highest BCUT2D eigenvalue weighted by molar-refractivity contribution is 5.76. The molecule has 1 aliphatic carbocycles. The van der Waals surface area contributed by atoms with Gasteiger partial charge in [0.2, 0.25) is 0 Å². The van der Waals surface area contributed by atoms with Crippen LogP contribution in [0.15, 0.2) is 12.2 Å². The fourth-order valence-electron chi connectivity index (χ4n) is 1.76. The second-order valence-corrected chi connectivity index (χ2v) is 3.36. The van der Waals surface area contributed by atoms with Gasteiger partial charge in [0.15, 0.2) is 0 Å². The molecule has 12 heavy (non-hydrogen) atoms. The van der Waals surface area contributed by atoms with Crippen molar-refractivity contribution >= 4 is 5.97 Å². The molecule has 0 N–H and O–H groups in total. The van der Waals surface area contributed by atoms with Crippen LogP contribution < -0.4 is 0 Å². The van der Waals surface area contributed by atoms with Crippen molar-refractivity contribution in [2.75, 3.05) is 20.2 Å². The number of esters is 1. The molecule has 0 radical (unpaired) electrons. The van der Waals surface area contributed by atoms with E-state index in [0.717, 1.165) is 19.5 Å². The molecule has 1 heterocycles. The lowest BCUT2D eigenvalue weighted by Crippen LogP contribution is -2.25. The minimum Gasteiger partial charge on any atom is -0.469 e. The summed E-state index contributed by atoms with van der Waals surface area (Å²) in [6.07, 6.45) is 5.27. The van der Waals surface area contributed by atoms with Crippen LogP contribution in [0.5, 0.6) is 0 Å². The molecule has 2 aliphatic rings. The molecule has 0 spiro atoms. The van der Waals surface area contributed by atoms with Crippen LogP contribution in [0, 0.1) is 5.92 Å². The normalized spacial score (nSPS) is 33.8. The Morgan fingerprint density at radius 2 is 2.17 bits per heavy atom. The summed E-state index contributed by atoms with van der Waals surface area (Å²) in [6, 6.07) is 0.451. The van der Waals surface area contributed by atoms with Crippen molar-refractivity contribution in [3.63, 3.8) is 0 Å². The summed E-state index contributed by atoms with van der Waals surface area (Å²) in [5.41, 5.74) is 0. The SMILES string of the molecule is COC(=O)C1CC1N1CC=CC1. The van der Waals surface area contributed by atoms with E-state index in [0.29, 0.717) is 6.04 Å². The number of carbonyl (C=O) groups is 1. The topological polar surface area (TPSA) is 29.5 Å². The third-order valence-corrected chi connectivity index (χ3v) is 2.58. The van der Waals surface area contributed by atoms with Gasteiger partial charge in [0.1, 0.15) is 0 Å². The van der Waals surface area contributed by atoms with Crippen LogP contribution in [0.2, 0.25) is 0 Å². The molecule has 1 fully saturated rings. The minimum absolute atomic E-state index is 0.0492. The molecule has 2 rings (SSSR count). The minimum atomic E-state index is -0.0492. The average molecular weight is 167 g/mol. The number of hydrogen-bond donors (Lipinski definition) is 0. The summed E-state index contributed by atoms with van der Waals surface area (Å²) >= 11 is 0. The van der Waals surface area contributed by atoms with Gasteiger partial charge in [-0.1, -0.05) is 12.2 Å². The molecular formula is C9H13NO2. The third-order valence-electron chi connectivity index (χ3n) is 2.58. The maximum Gasteiger partial charge on any atom is 0.310 e. The maximum absolute atomic E-state index is 11.1.